The zero-order chi connectivity index (χ0) is 14.8. The van der Waals surface area contributed by atoms with E-state index in [4.69, 9.17) is 5.11 Å². The van der Waals surface area contributed by atoms with E-state index in [0.717, 1.165) is 12.1 Å². The van der Waals surface area contributed by atoms with Gasteiger partial charge in [-0.1, -0.05) is 6.07 Å². The van der Waals surface area contributed by atoms with Gasteiger partial charge in [-0.15, -0.1) is 0 Å². The van der Waals surface area contributed by atoms with Gasteiger partial charge in [-0.2, -0.15) is 13.1 Å². The van der Waals surface area contributed by atoms with E-state index in [1.54, 1.807) is 20.8 Å². The Morgan fingerprint density at radius 3 is 2.37 bits per heavy atom. The lowest BCUT2D eigenvalue weighted by Crippen LogP contribution is -2.43. The van der Waals surface area contributed by atoms with Crippen LogP contribution in [0.2, 0.25) is 0 Å². The lowest BCUT2D eigenvalue weighted by molar-refractivity contribution is 0.0697. The van der Waals surface area contributed by atoms with Gasteiger partial charge in [0, 0.05) is 5.54 Å². The van der Waals surface area contributed by atoms with Gasteiger partial charge in [0.2, 0.25) is 0 Å². The summed E-state index contributed by atoms with van der Waals surface area (Å²) in [6, 6.07) is 3.27. The molecule has 1 aromatic carbocycles. The fourth-order valence-electron chi connectivity index (χ4n) is 1.37. The first-order valence-electron chi connectivity index (χ1n) is 5.35. The molecule has 0 atom stereocenters. The van der Waals surface area contributed by atoms with Gasteiger partial charge in [0.15, 0.2) is 0 Å². The summed E-state index contributed by atoms with van der Waals surface area (Å²) < 4.78 is 41.2. The van der Waals surface area contributed by atoms with Crippen molar-refractivity contribution in [2.24, 2.45) is 0 Å². The number of anilines is 1. The number of hydrogen-bond donors (Lipinski definition) is 3. The molecule has 0 amide bonds. The smallest absolute Gasteiger partial charge is 0.337 e. The van der Waals surface area contributed by atoms with Crippen molar-refractivity contribution in [2.45, 2.75) is 26.3 Å². The molecule has 6 nitrogen and oxygen atoms in total. The molecule has 1 rings (SSSR count). The summed E-state index contributed by atoms with van der Waals surface area (Å²) in [5, 5.41) is 8.90. The molecule has 0 saturated carbocycles. The summed E-state index contributed by atoms with van der Waals surface area (Å²) in [5.74, 6) is -2.38. The molecule has 0 radical (unpaired) electrons. The van der Waals surface area contributed by atoms with Crippen LogP contribution in [-0.2, 0) is 10.2 Å². The molecule has 8 heteroatoms. The number of nitrogens with one attached hydrogen (secondary N) is 2. The summed E-state index contributed by atoms with van der Waals surface area (Å²) in [7, 11) is -4.07. The SMILES string of the molecule is CC(C)(C)NS(=O)(=O)Nc1c(F)cccc1C(=O)O. The Labute approximate surface area is 110 Å². The number of carbonyl (C=O) groups is 1. The van der Waals surface area contributed by atoms with Crippen LogP contribution in [0.3, 0.4) is 0 Å². The van der Waals surface area contributed by atoms with E-state index >= 15 is 0 Å². The Balaban J connectivity index is 3.16. The van der Waals surface area contributed by atoms with Crippen molar-refractivity contribution < 1.29 is 22.7 Å². The van der Waals surface area contributed by atoms with Crippen LogP contribution in [0.15, 0.2) is 18.2 Å². The van der Waals surface area contributed by atoms with Gasteiger partial charge < -0.3 is 5.11 Å². The van der Waals surface area contributed by atoms with E-state index in [1.807, 2.05) is 4.72 Å². The highest BCUT2D eigenvalue weighted by atomic mass is 32.2. The van der Waals surface area contributed by atoms with Gasteiger partial charge in [-0.05, 0) is 32.9 Å². The normalized spacial score (nSPS) is 12.2. The molecular formula is C11H15FN2O4S. The zero-order valence-corrected chi connectivity index (χ0v) is 11.5. The van der Waals surface area contributed by atoms with Gasteiger partial charge in [0.25, 0.3) is 10.2 Å². The van der Waals surface area contributed by atoms with E-state index in [-0.39, 0.29) is 0 Å². The number of hydrogen-bond acceptors (Lipinski definition) is 3. The number of aromatic carboxylic acids is 1. The molecule has 106 valence electrons. The first-order chi connectivity index (χ1) is 8.52. The molecule has 1 aromatic rings. The van der Waals surface area contributed by atoms with E-state index in [9.17, 15) is 17.6 Å². The van der Waals surface area contributed by atoms with E-state index in [0.29, 0.717) is 0 Å². The zero-order valence-electron chi connectivity index (χ0n) is 10.7. The third-order valence-corrected chi connectivity index (χ3v) is 3.27. The topological polar surface area (TPSA) is 95.5 Å². The van der Waals surface area contributed by atoms with Crippen molar-refractivity contribution in [3.8, 4) is 0 Å². The van der Waals surface area contributed by atoms with Gasteiger partial charge in [-0.3, -0.25) is 4.72 Å². The number of rotatable bonds is 4. The Kier molecular flexibility index (Phi) is 4.16. The van der Waals surface area contributed by atoms with Crippen molar-refractivity contribution in [3.63, 3.8) is 0 Å². The van der Waals surface area contributed by atoms with E-state index < -0.39 is 38.8 Å². The standard InChI is InChI=1S/C11H15FN2O4S/c1-11(2,3)14-19(17,18)13-9-7(10(15)16)5-4-6-8(9)12/h4-6,13-14H,1-3H3,(H,15,16). The molecule has 0 fully saturated rings. The van der Waals surface area contributed by atoms with Gasteiger partial charge >= 0.3 is 5.97 Å². The van der Waals surface area contributed by atoms with Crippen LogP contribution in [0, 0.1) is 5.82 Å². The average molecular weight is 290 g/mol. The lowest BCUT2D eigenvalue weighted by atomic mass is 10.1. The van der Waals surface area contributed by atoms with Crippen molar-refractivity contribution in [1.82, 2.24) is 4.72 Å². The van der Waals surface area contributed by atoms with E-state index in [2.05, 4.69) is 4.72 Å². The predicted molar refractivity (Wildman–Crippen MR) is 68.8 cm³/mol. The fourth-order valence-corrected chi connectivity index (χ4v) is 2.70. The summed E-state index contributed by atoms with van der Waals surface area (Å²) in [4.78, 5) is 10.9. The van der Waals surface area contributed by atoms with Gasteiger partial charge in [0.1, 0.15) is 5.82 Å². The van der Waals surface area contributed by atoms with Crippen LogP contribution in [0.5, 0.6) is 0 Å². The Morgan fingerprint density at radius 2 is 1.89 bits per heavy atom. The van der Waals surface area contributed by atoms with Crippen LogP contribution in [0.4, 0.5) is 10.1 Å². The molecule has 0 aromatic heterocycles. The number of benzene rings is 1. The van der Waals surface area contributed by atoms with Crippen LogP contribution in [0.1, 0.15) is 31.1 Å². The van der Waals surface area contributed by atoms with Crippen molar-refractivity contribution in [2.75, 3.05) is 4.72 Å². The minimum atomic E-state index is -4.07. The highest BCUT2D eigenvalue weighted by Gasteiger charge is 2.23. The summed E-state index contributed by atoms with van der Waals surface area (Å²) in [6.45, 7) is 4.81. The molecule has 0 bridgehead atoms. The number of halogens is 1. The van der Waals surface area contributed by atoms with Gasteiger partial charge in [-0.25, -0.2) is 9.18 Å². The minimum absolute atomic E-state index is 0.459. The quantitative estimate of drug-likeness (QED) is 0.784. The molecular weight excluding hydrogens is 275 g/mol. The van der Waals surface area contributed by atoms with Crippen LogP contribution >= 0.6 is 0 Å². The van der Waals surface area contributed by atoms with Crippen molar-refractivity contribution in [3.05, 3.63) is 29.6 Å². The number of carboxylic acid groups (broad SMARTS) is 1. The minimum Gasteiger partial charge on any atom is -0.478 e. The first-order valence-corrected chi connectivity index (χ1v) is 6.84. The second-order valence-electron chi connectivity index (χ2n) is 4.93. The molecule has 0 saturated heterocycles. The third kappa shape index (κ3) is 4.49. The largest absolute Gasteiger partial charge is 0.478 e. The van der Waals surface area contributed by atoms with Crippen LogP contribution < -0.4 is 9.44 Å². The van der Waals surface area contributed by atoms with Crippen LogP contribution in [0.25, 0.3) is 0 Å². The molecule has 0 aliphatic heterocycles. The lowest BCUT2D eigenvalue weighted by Gasteiger charge is -2.21. The summed E-state index contributed by atoms with van der Waals surface area (Å²) >= 11 is 0. The number of carboxylic acids is 1. The fraction of sp³-hybridized carbons (Fsp3) is 0.364. The van der Waals surface area contributed by atoms with Gasteiger partial charge in [0.05, 0.1) is 11.3 Å². The third-order valence-electron chi connectivity index (χ3n) is 1.92. The Hall–Kier alpha value is -1.67. The van der Waals surface area contributed by atoms with Crippen molar-refractivity contribution in [1.29, 1.82) is 0 Å². The Morgan fingerprint density at radius 1 is 1.32 bits per heavy atom. The highest BCUT2D eigenvalue weighted by molar-refractivity contribution is 7.90. The predicted octanol–water partition coefficient (Wildman–Crippen LogP) is 1.57. The second-order valence-corrected chi connectivity index (χ2v) is 6.34. The molecule has 3 N–H and O–H groups in total. The molecule has 0 heterocycles. The average Bonchev–Trinajstić information content (AvgIpc) is 2.16. The number of para-hydroxylation sites is 1. The van der Waals surface area contributed by atoms with Crippen molar-refractivity contribution >= 4 is 21.9 Å². The second kappa shape index (κ2) is 5.14. The maximum Gasteiger partial charge on any atom is 0.337 e. The molecule has 0 aliphatic carbocycles. The molecule has 0 unspecified atom stereocenters. The summed E-state index contributed by atoms with van der Waals surface area (Å²) in [5.41, 5.74) is -1.83. The Bertz CT molecular complexity index is 593. The molecule has 19 heavy (non-hydrogen) atoms. The maximum atomic E-state index is 13.6. The summed E-state index contributed by atoms with van der Waals surface area (Å²) in [6.07, 6.45) is 0. The van der Waals surface area contributed by atoms with Crippen LogP contribution in [-0.4, -0.2) is 25.0 Å². The molecule has 0 aliphatic rings. The van der Waals surface area contributed by atoms with E-state index in [1.165, 1.54) is 6.07 Å². The maximum absolute atomic E-state index is 13.6. The highest BCUT2D eigenvalue weighted by Crippen LogP contribution is 2.21. The molecule has 0 spiro atoms. The monoisotopic (exact) mass is 290 g/mol. The first kappa shape index (κ1) is 15.4.